The molecule has 0 saturated carbocycles. The molecule has 2 aromatic rings. The van der Waals surface area contributed by atoms with Crippen LogP contribution < -0.4 is 5.32 Å². The molecule has 0 spiro atoms. The SMILES string of the molecule is Cc1nc(Cl)cc(Nc2cc(Br)ccc2F)n1. The topological polar surface area (TPSA) is 37.8 Å². The van der Waals surface area contributed by atoms with Gasteiger partial charge in [0.1, 0.15) is 22.6 Å². The fourth-order valence-corrected chi connectivity index (χ4v) is 1.91. The standard InChI is InChI=1S/C11H8BrClFN3/c1-6-15-10(13)5-11(16-6)17-9-4-7(12)2-3-8(9)14/h2-5H,1H3,(H,15,16,17). The molecule has 0 aliphatic carbocycles. The molecule has 0 aliphatic rings. The van der Waals surface area contributed by atoms with Crippen molar-refractivity contribution >= 4 is 39.0 Å². The van der Waals surface area contributed by atoms with E-state index < -0.39 is 0 Å². The van der Waals surface area contributed by atoms with E-state index in [2.05, 4.69) is 31.2 Å². The van der Waals surface area contributed by atoms with Gasteiger partial charge in [-0.25, -0.2) is 14.4 Å². The van der Waals surface area contributed by atoms with E-state index in [9.17, 15) is 4.39 Å². The van der Waals surface area contributed by atoms with Gasteiger partial charge in [-0.2, -0.15) is 0 Å². The van der Waals surface area contributed by atoms with Gasteiger partial charge in [0, 0.05) is 10.5 Å². The first-order valence-electron chi connectivity index (χ1n) is 4.78. The number of halogens is 3. The largest absolute Gasteiger partial charge is 0.338 e. The van der Waals surface area contributed by atoms with Crippen LogP contribution in [0.25, 0.3) is 0 Å². The monoisotopic (exact) mass is 315 g/mol. The van der Waals surface area contributed by atoms with Gasteiger partial charge < -0.3 is 5.32 Å². The van der Waals surface area contributed by atoms with Crippen LogP contribution in [-0.2, 0) is 0 Å². The normalized spacial score (nSPS) is 10.4. The lowest BCUT2D eigenvalue weighted by Gasteiger charge is -2.08. The number of hydrogen-bond donors (Lipinski definition) is 1. The molecule has 17 heavy (non-hydrogen) atoms. The molecule has 0 fully saturated rings. The molecule has 0 unspecified atom stereocenters. The van der Waals surface area contributed by atoms with E-state index in [0.717, 1.165) is 4.47 Å². The number of aromatic nitrogens is 2. The minimum atomic E-state index is -0.361. The average molecular weight is 317 g/mol. The van der Waals surface area contributed by atoms with Crippen molar-refractivity contribution < 1.29 is 4.39 Å². The van der Waals surface area contributed by atoms with Crippen LogP contribution in [0.15, 0.2) is 28.7 Å². The molecule has 1 N–H and O–H groups in total. The van der Waals surface area contributed by atoms with Crippen molar-refractivity contribution in [3.05, 3.63) is 45.5 Å². The summed E-state index contributed by atoms with van der Waals surface area (Å²) in [6, 6.07) is 6.15. The molecule has 0 atom stereocenters. The predicted octanol–water partition coefficient (Wildman–Crippen LogP) is 4.08. The number of rotatable bonds is 2. The van der Waals surface area contributed by atoms with Crippen molar-refractivity contribution in [2.75, 3.05) is 5.32 Å². The Balaban J connectivity index is 2.34. The minimum Gasteiger partial charge on any atom is -0.338 e. The highest BCUT2D eigenvalue weighted by atomic mass is 79.9. The van der Waals surface area contributed by atoms with E-state index in [1.165, 1.54) is 12.1 Å². The van der Waals surface area contributed by atoms with Gasteiger partial charge in [0.05, 0.1) is 5.69 Å². The molecule has 3 nitrogen and oxygen atoms in total. The van der Waals surface area contributed by atoms with E-state index in [0.29, 0.717) is 22.5 Å². The summed E-state index contributed by atoms with van der Waals surface area (Å²) in [5, 5.41) is 3.17. The van der Waals surface area contributed by atoms with Crippen LogP contribution >= 0.6 is 27.5 Å². The Kier molecular flexibility index (Phi) is 3.59. The Morgan fingerprint density at radius 2 is 2.06 bits per heavy atom. The molecule has 0 radical (unpaired) electrons. The fourth-order valence-electron chi connectivity index (χ4n) is 1.33. The quantitative estimate of drug-likeness (QED) is 0.848. The van der Waals surface area contributed by atoms with E-state index in [4.69, 9.17) is 11.6 Å². The fraction of sp³-hybridized carbons (Fsp3) is 0.0909. The second-order valence-electron chi connectivity index (χ2n) is 3.37. The number of hydrogen-bond acceptors (Lipinski definition) is 3. The molecule has 0 bridgehead atoms. The molecular formula is C11H8BrClFN3. The van der Waals surface area contributed by atoms with Gasteiger partial charge in [-0.05, 0) is 25.1 Å². The number of aryl methyl sites for hydroxylation is 1. The second-order valence-corrected chi connectivity index (χ2v) is 4.68. The van der Waals surface area contributed by atoms with Crippen LogP contribution in [0.4, 0.5) is 15.9 Å². The smallest absolute Gasteiger partial charge is 0.146 e. The first kappa shape index (κ1) is 12.3. The molecule has 2 rings (SSSR count). The van der Waals surface area contributed by atoms with Gasteiger partial charge >= 0.3 is 0 Å². The molecule has 88 valence electrons. The van der Waals surface area contributed by atoms with Crippen LogP contribution in [0.2, 0.25) is 5.15 Å². The van der Waals surface area contributed by atoms with Gasteiger partial charge in [-0.1, -0.05) is 27.5 Å². The number of nitrogens with zero attached hydrogens (tertiary/aromatic N) is 2. The van der Waals surface area contributed by atoms with Crippen molar-refractivity contribution in [1.82, 2.24) is 9.97 Å². The highest BCUT2D eigenvalue weighted by Gasteiger charge is 2.05. The van der Waals surface area contributed by atoms with Crippen molar-refractivity contribution in [2.24, 2.45) is 0 Å². The lowest BCUT2D eigenvalue weighted by Crippen LogP contribution is -1.99. The van der Waals surface area contributed by atoms with E-state index in [1.807, 2.05) is 0 Å². The van der Waals surface area contributed by atoms with Crippen LogP contribution in [0.1, 0.15) is 5.82 Å². The number of anilines is 2. The van der Waals surface area contributed by atoms with Crippen molar-refractivity contribution in [1.29, 1.82) is 0 Å². The van der Waals surface area contributed by atoms with E-state index in [1.54, 1.807) is 19.1 Å². The van der Waals surface area contributed by atoms with Gasteiger partial charge in [0.25, 0.3) is 0 Å². The second kappa shape index (κ2) is 4.98. The maximum Gasteiger partial charge on any atom is 0.146 e. The van der Waals surface area contributed by atoms with E-state index in [-0.39, 0.29) is 5.82 Å². The minimum absolute atomic E-state index is 0.315. The summed E-state index contributed by atoms with van der Waals surface area (Å²) in [5.74, 6) is 0.621. The van der Waals surface area contributed by atoms with Gasteiger partial charge in [0.2, 0.25) is 0 Å². The van der Waals surface area contributed by atoms with Gasteiger partial charge in [0.15, 0.2) is 0 Å². The first-order valence-corrected chi connectivity index (χ1v) is 5.95. The van der Waals surface area contributed by atoms with Crippen LogP contribution in [0.5, 0.6) is 0 Å². The molecule has 6 heteroatoms. The predicted molar refractivity (Wildman–Crippen MR) is 69.2 cm³/mol. The molecule has 1 heterocycles. The van der Waals surface area contributed by atoms with Crippen molar-refractivity contribution in [3.8, 4) is 0 Å². The Hall–Kier alpha value is -1.20. The summed E-state index contributed by atoms with van der Waals surface area (Å²) in [5.41, 5.74) is 0.327. The molecule has 1 aromatic carbocycles. The highest BCUT2D eigenvalue weighted by Crippen LogP contribution is 2.23. The maximum absolute atomic E-state index is 13.5. The summed E-state index contributed by atoms with van der Waals surface area (Å²) in [6.07, 6.45) is 0. The lowest BCUT2D eigenvalue weighted by atomic mass is 10.3. The zero-order valence-electron chi connectivity index (χ0n) is 8.84. The lowest BCUT2D eigenvalue weighted by molar-refractivity contribution is 0.631. The Morgan fingerprint density at radius 1 is 1.29 bits per heavy atom. The molecule has 0 amide bonds. The Labute approximate surface area is 111 Å². The number of benzene rings is 1. The average Bonchev–Trinajstić information content (AvgIpc) is 2.22. The summed E-state index contributed by atoms with van der Waals surface area (Å²) in [4.78, 5) is 8.04. The molecule has 0 saturated heterocycles. The van der Waals surface area contributed by atoms with Crippen molar-refractivity contribution in [3.63, 3.8) is 0 Å². The third kappa shape index (κ3) is 3.14. The summed E-state index contributed by atoms with van der Waals surface area (Å²) in [7, 11) is 0. The highest BCUT2D eigenvalue weighted by molar-refractivity contribution is 9.10. The van der Waals surface area contributed by atoms with E-state index >= 15 is 0 Å². The van der Waals surface area contributed by atoms with Crippen LogP contribution in [0, 0.1) is 12.7 Å². The molecule has 1 aromatic heterocycles. The first-order chi connectivity index (χ1) is 8.04. The zero-order valence-corrected chi connectivity index (χ0v) is 11.2. The van der Waals surface area contributed by atoms with Gasteiger partial charge in [-0.15, -0.1) is 0 Å². The third-order valence-corrected chi connectivity index (χ3v) is 2.68. The maximum atomic E-state index is 13.5. The summed E-state index contributed by atoms with van der Waals surface area (Å²) >= 11 is 9.07. The Morgan fingerprint density at radius 3 is 2.76 bits per heavy atom. The summed E-state index contributed by atoms with van der Waals surface area (Å²) in [6.45, 7) is 1.72. The van der Waals surface area contributed by atoms with Crippen LogP contribution in [0.3, 0.4) is 0 Å². The number of nitrogens with one attached hydrogen (secondary N) is 1. The molecular weight excluding hydrogens is 308 g/mol. The molecule has 0 aliphatic heterocycles. The van der Waals surface area contributed by atoms with Crippen LogP contribution in [-0.4, -0.2) is 9.97 Å². The zero-order chi connectivity index (χ0) is 12.4. The van der Waals surface area contributed by atoms with Crippen molar-refractivity contribution in [2.45, 2.75) is 6.92 Å². The third-order valence-electron chi connectivity index (χ3n) is 2.00. The van der Waals surface area contributed by atoms with Gasteiger partial charge in [-0.3, -0.25) is 0 Å². The summed E-state index contributed by atoms with van der Waals surface area (Å²) < 4.78 is 14.3. The Bertz CT molecular complexity index is 542.